The van der Waals surface area contributed by atoms with E-state index in [1.807, 2.05) is 30.8 Å². The van der Waals surface area contributed by atoms with Crippen LogP contribution < -0.4 is 0 Å². The Hall–Kier alpha value is -3.26. The summed E-state index contributed by atoms with van der Waals surface area (Å²) < 4.78 is 21.3. The monoisotopic (exact) mass is 548 g/mol. The highest BCUT2D eigenvalue weighted by atomic mass is 19.1. The van der Waals surface area contributed by atoms with E-state index in [2.05, 4.69) is 23.0 Å². The van der Waals surface area contributed by atoms with Gasteiger partial charge in [-0.3, -0.25) is 14.6 Å². The second-order valence-corrected chi connectivity index (χ2v) is 12.1. The zero-order valence-electron chi connectivity index (χ0n) is 24.3. The van der Waals surface area contributed by atoms with Crippen LogP contribution in [0.3, 0.4) is 0 Å². The number of halogens is 1. The number of methoxy groups -OCH3 is 1. The van der Waals surface area contributed by atoms with Crippen molar-refractivity contribution in [1.82, 2.24) is 19.4 Å². The molecule has 1 amide bonds. The number of pyridine rings is 1. The first-order valence-corrected chi connectivity index (χ1v) is 14.5. The molecule has 8 heteroatoms. The van der Waals surface area contributed by atoms with Crippen LogP contribution in [0.1, 0.15) is 61.0 Å². The Bertz CT molecular complexity index is 1390. The van der Waals surface area contributed by atoms with Crippen LogP contribution in [0.5, 0.6) is 0 Å². The first kappa shape index (κ1) is 28.3. The fourth-order valence-electron chi connectivity index (χ4n) is 6.40. The fourth-order valence-corrected chi connectivity index (χ4v) is 6.40. The Balaban J connectivity index is 1.34. The summed E-state index contributed by atoms with van der Waals surface area (Å²) in [5, 5.41) is 1.17. The second kappa shape index (κ2) is 11.7. The molecule has 2 aliphatic rings. The normalized spacial score (nSPS) is 20.1. The Kier molecular flexibility index (Phi) is 8.26. The van der Waals surface area contributed by atoms with Gasteiger partial charge in [0.2, 0.25) is 0 Å². The molecule has 2 fully saturated rings. The zero-order valence-corrected chi connectivity index (χ0v) is 24.3. The average molecular weight is 549 g/mol. The van der Waals surface area contributed by atoms with Gasteiger partial charge >= 0.3 is 5.97 Å². The van der Waals surface area contributed by atoms with E-state index in [9.17, 15) is 14.0 Å². The molecule has 1 aliphatic carbocycles. The van der Waals surface area contributed by atoms with Gasteiger partial charge in [-0.05, 0) is 107 Å². The van der Waals surface area contributed by atoms with E-state index in [-0.39, 0.29) is 23.8 Å². The van der Waals surface area contributed by atoms with Crippen LogP contribution in [-0.4, -0.2) is 71.1 Å². The number of carbonyl (C=O) groups is 2. The summed E-state index contributed by atoms with van der Waals surface area (Å²) in [6.45, 7) is 9.18. The summed E-state index contributed by atoms with van der Waals surface area (Å²) in [5.41, 5.74) is 4.30. The predicted octanol–water partition coefficient (Wildman–Crippen LogP) is 5.41. The molecule has 7 nitrogen and oxygen atoms in total. The summed E-state index contributed by atoms with van der Waals surface area (Å²) in [4.78, 5) is 33.7. The highest BCUT2D eigenvalue weighted by Gasteiger charge is 2.36. The van der Waals surface area contributed by atoms with Crippen molar-refractivity contribution in [2.45, 2.75) is 58.9 Å². The van der Waals surface area contributed by atoms with E-state index in [1.54, 1.807) is 18.0 Å². The molecule has 0 N–H and O–H groups in total. The number of hydrogen-bond acceptors (Lipinski definition) is 5. The molecule has 5 rings (SSSR count). The van der Waals surface area contributed by atoms with Gasteiger partial charge in [-0.25, -0.2) is 4.39 Å². The van der Waals surface area contributed by atoms with Crippen molar-refractivity contribution in [3.8, 4) is 5.69 Å². The molecule has 40 heavy (non-hydrogen) atoms. The lowest BCUT2D eigenvalue weighted by Crippen LogP contribution is -2.42. The molecule has 1 aliphatic heterocycles. The molecule has 214 valence electrons. The van der Waals surface area contributed by atoms with E-state index in [0.29, 0.717) is 23.1 Å². The Morgan fingerprint density at radius 1 is 1.15 bits per heavy atom. The quantitative estimate of drug-likeness (QED) is 0.352. The SMILES string of the molecule is COC(=O)C1CC(CN2CCC(Cc3cn(-c4ccc(F)cc4C(=O)N(C)C(C)C)c4cncc(C)c34)CC2)C1. The first-order chi connectivity index (χ1) is 19.2. The molecule has 3 aromatic rings. The molecule has 3 heterocycles. The molecule has 1 saturated heterocycles. The molecule has 0 spiro atoms. The maximum absolute atomic E-state index is 14.4. The van der Waals surface area contributed by atoms with E-state index < -0.39 is 5.82 Å². The molecular formula is C32H41FN4O3. The zero-order chi connectivity index (χ0) is 28.6. The van der Waals surface area contributed by atoms with Crippen LogP contribution in [-0.2, 0) is 16.0 Å². The lowest BCUT2D eigenvalue weighted by atomic mass is 9.74. The predicted molar refractivity (Wildman–Crippen MR) is 154 cm³/mol. The number of carbonyl (C=O) groups excluding carboxylic acids is 2. The van der Waals surface area contributed by atoms with Gasteiger partial charge in [-0.2, -0.15) is 0 Å². The van der Waals surface area contributed by atoms with Gasteiger partial charge < -0.3 is 19.1 Å². The Morgan fingerprint density at radius 3 is 2.55 bits per heavy atom. The smallest absolute Gasteiger partial charge is 0.308 e. The largest absolute Gasteiger partial charge is 0.469 e. The topological polar surface area (TPSA) is 67.7 Å². The van der Waals surface area contributed by atoms with Gasteiger partial charge in [0.05, 0.1) is 36.0 Å². The van der Waals surface area contributed by atoms with Gasteiger partial charge in [0.25, 0.3) is 5.91 Å². The van der Waals surface area contributed by atoms with Crippen LogP contribution >= 0.6 is 0 Å². The third-order valence-electron chi connectivity index (χ3n) is 9.03. The van der Waals surface area contributed by atoms with E-state index in [1.165, 1.54) is 30.2 Å². The highest BCUT2D eigenvalue weighted by Crippen LogP contribution is 2.37. The third kappa shape index (κ3) is 5.64. The fraction of sp³-hybridized carbons (Fsp3) is 0.531. The second-order valence-electron chi connectivity index (χ2n) is 12.1. The highest BCUT2D eigenvalue weighted by molar-refractivity contribution is 5.99. The Morgan fingerprint density at radius 2 is 1.88 bits per heavy atom. The third-order valence-corrected chi connectivity index (χ3v) is 9.03. The number of nitrogens with zero attached hydrogens (tertiary/aromatic N) is 4. The number of esters is 1. The van der Waals surface area contributed by atoms with Gasteiger partial charge in [0, 0.05) is 37.4 Å². The number of amides is 1. The summed E-state index contributed by atoms with van der Waals surface area (Å²) in [6, 6.07) is 4.46. The molecule has 1 saturated carbocycles. The number of likely N-dealkylation sites (tertiary alicyclic amines) is 1. The molecule has 0 radical (unpaired) electrons. The number of fused-ring (bicyclic) bond motifs is 1. The van der Waals surface area contributed by atoms with Crippen LogP contribution in [0.2, 0.25) is 0 Å². The van der Waals surface area contributed by atoms with Crippen molar-refractivity contribution in [2.75, 3.05) is 33.8 Å². The molecule has 0 bridgehead atoms. The van der Waals surface area contributed by atoms with Gasteiger partial charge in [-0.1, -0.05) is 0 Å². The summed E-state index contributed by atoms with van der Waals surface area (Å²) in [7, 11) is 3.22. The van der Waals surface area contributed by atoms with Crippen molar-refractivity contribution in [3.63, 3.8) is 0 Å². The van der Waals surface area contributed by atoms with Crippen molar-refractivity contribution in [1.29, 1.82) is 0 Å². The number of aromatic nitrogens is 2. The number of ether oxygens (including phenoxy) is 1. The number of benzene rings is 1. The van der Waals surface area contributed by atoms with Crippen molar-refractivity contribution >= 4 is 22.8 Å². The number of hydrogen-bond donors (Lipinski definition) is 0. The van der Waals surface area contributed by atoms with Crippen LogP contribution in [0, 0.1) is 30.5 Å². The van der Waals surface area contributed by atoms with E-state index in [0.717, 1.165) is 62.8 Å². The van der Waals surface area contributed by atoms with Gasteiger partial charge in [-0.15, -0.1) is 0 Å². The van der Waals surface area contributed by atoms with Gasteiger partial charge in [0.15, 0.2) is 0 Å². The number of piperidine rings is 1. The van der Waals surface area contributed by atoms with Crippen LogP contribution in [0.4, 0.5) is 4.39 Å². The molecule has 2 aromatic heterocycles. The maximum atomic E-state index is 14.4. The van der Waals surface area contributed by atoms with E-state index >= 15 is 0 Å². The van der Waals surface area contributed by atoms with E-state index in [4.69, 9.17) is 4.74 Å². The minimum atomic E-state index is -0.426. The van der Waals surface area contributed by atoms with Crippen LogP contribution in [0.25, 0.3) is 16.6 Å². The minimum Gasteiger partial charge on any atom is -0.469 e. The van der Waals surface area contributed by atoms with Crippen LogP contribution in [0.15, 0.2) is 36.8 Å². The van der Waals surface area contributed by atoms with Gasteiger partial charge in [0.1, 0.15) is 5.82 Å². The standard InChI is InChI=1S/C32H41FN4O3/c1-20(2)35(4)31(38)27-15-26(33)6-7-28(27)37-19-25(30-21(3)16-34-17-29(30)37)12-22-8-10-36(11-9-22)18-23-13-24(14-23)32(39)40-5/h6-7,15-17,19-20,22-24H,8-14,18H2,1-5H3. The van der Waals surface area contributed by atoms with Crippen molar-refractivity contribution in [3.05, 3.63) is 59.3 Å². The molecule has 1 aromatic carbocycles. The average Bonchev–Trinajstić information content (AvgIpc) is 3.29. The molecular weight excluding hydrogens is 507 g/mol. The lowest BCUT2D eigenvalue weighted by Gasteiger charge is -2.39. The molecule has 0 unspecified atom stereocenters. The molecule has 0 atom stereocenters. The summed E-state index contributed by atoms with van der Waals surface area (Å²) in [6.07, 6.45) is 11.0. The Labute approximate surface area is 236 Å². The summed E-state index contributed by atoms with van der Waals surface area (Å²) >= 11 is 0. The number of aryl methyl sites for hydroxylation is 1. The van der Waals surface area contributed by atoms with Crippen molar-refractivity contribution in [2.24, 2.45) is 17.8 Å². The van der Waals surface area contributed by atoms with Crippen molar-refractivity contribution < 1.29 is 18.7 Å². The summed E-state index contributed by atoms with van der Waals surface area (Å²) in [5.74, 6) is 0.550. The maximum Gasteiger partial charge on any atom is 0.308 e. The lowest BCUT2D eigenvalue weighted by molar-refractivity contribution is -0.150. The number of rotatable bonds is 8. The first-order valence-electron chi connectivity index (χ1n) is 14.5. The minimum absolute atomic E-state index is 0.00562.